The van der Waals surface area contributed by atoms with Crippen LogP contribution < -0.4 is 4.74 Å². The molecule has 6 nitrogen and oxygen atoms in total. The van der Waals surface area contributed by atoms with Gasteiger partial charge in [-0.25, -0.2) is 14.8 Å². The van der Waals surface area contributed by atoms with E-state index in [-0.39, 0.29) is 11.4 Å². The molecule has 18 heavy (non-hydrogen) atoms. The van der Waals surface area contributed by atoms with Crippen LogP contribution in [0.3, 0.4) is 0 Å². The Morgan fingerprint density at radius 1 is 1.44 bits per heavy atom. The summed E-state index contributed by atoms with van der Waals surface area (Å²) in [6, 6.07) is 3.23. The lowest BCUT2D eigenvalue weighted by molar-refractivity contribution is 0.0685. The van der Waals surface area contributed by atoms with Gasteiger partial charge in [0.25, 0.3) is 0 Å². The van der Waals surface area contributed by atoms with E-state index in [4.69, 9.17) is 9.84 Å². The number of imidazole rings is 1. The Balaban J connectivity index is 1.99. The first-order chi connectivity index (χ1) is 8.68. The molecule has 2 aromatic heterocycles. The number of ether oxygens (including phenoxy) is 1. The number of rotatable bonds is 5. The molecule has 0 bridgehead atoms. The summed E-state index contributed by atoms with van der Waals surface area (Å²) in [4.78, 5) is 18.8. The fourth-order valence-electron chi connectivity index (χ4n) is 1.56. The predicted molar refractivity (Wildman–Crippen MR) is 63.6 cm³/mol. The van der Waals surface area contributed by atoms with Gasteiger partial charge in [0.15, 0.2) is 11.4 Å². The van der Waals surface area contributed by atoms with Crippen LogP contribution in [0.25, 0.3) is 0 Å². The van der Waals surface area contributed by atoms with Crippen molar-refractivity contribution < 1.29 is 14.6 Å². The smallest absolute Gasteiger partial charge is 0.358 e. The first-order valence-corrected chi connectivity index (χ1v) is 5.46. The topological polar surface area (TPSA) is 77.2 Å². The minimum atomic E-state index is -1.09. The first kappa shape index (κ1) is 12.1. The molecule has 0 aliphatic heterocycles. The van der Waals surface area contributed by atoms with E-state index in [1.165, 1.54) is 6.20 Å². The highest BCUT2D eigenvalue weighted by Crippen LogP contribution is 2.15. The number of hydrogen-bond acceptors (Lipinski definition) is 4. The van der Waals surface area contributed by atoms with E-state index in [9.17, 15) is 4.79 Å². The summed E-state index contributed by atoms with van der Waals surface area (Å²) in [6.07, 6.45) is 5.59. The zero-order chi connectivity index (χ0) is 13.0. The molecule has 0 atom stereocenters. The summed E-state index contributed by atoms with van der Waals surface area (Å²) >= 11 is 0. The quantitative estimate of drug-likeness (QED) is 0.857. The fourth-order valence-corrected chi connectivity index (χ4v) is 1.56. The number of carbonyl (C=O) groups is 1. The van der Waals surface area contributed by atoms with Gasteiger partial charge in [-0.05, 0) is 12.1 Å². The van der Waals surface area contributed by atoms with E-state index < -0.39 is 5.97 Å². The molecular formula is C12H13N3O3. The maximum Gasteiger partial charge on any atom is 0.358 e. The van der Waals surface area contributed by atoms with Crippen molar-refractivity contribution in [1.29, 1.82) is 0 Å². The molecule has 0 unspecified atom stereocenters. The summed E-state index contributed by atoms with van der Waals surface area (Å²) in [5, 5.41) is 8.93. The van der Waals surface area contributed by atoms with Crippen LogP contribution >= 0.6 is 0 Å². The molecule has 0 fully saturated rings. The molecule has 0 amide bonds. The highest BCUT2D eigenvalue weighted by molar-refractivity contribution is 5.88. The Kier molecular flexibility index (Phi) is 3.57. The molecule has 0 radical (unpaired) electrons. The first-order valence-electron chi connectivity index (χ1n) is 5.46. The minimum Gasteiger partial charge on any atom is -0.491 e. The van der Waals surface area contributed by atoms with Crippen LogP contribution in [-0.4, -0.2) is 32.2 Å². The third kappa shape index (κ3) is 2.65. The summed E-state index contributed by atoms with van der Waals surface area (Å²) in [6.45, 7) is 0.358. The van der Waals surface area contributed by atoms with Crippen molar-refractivity contribution in [3.63, 3.8) is 0 Å². The van der Waals surface area contributed by atoms with Crippen molar-refractivity contribution in [2.24, 2.45) is 7.05 Å². The van der Waals surface area contributed by atoms with Gasteiger partial charge in [-0.15, -0.1) is 0 Å². The van der Waals surface area contributed by atoms with Gasteiger partial charge in [0.1, 0.15) is 5.82 Å². The average Bonchev–Trinajstić information content (AvgIpc) is 2.76. The van der Waals surface area contributed by atoms with Gasteiger partial charge in [-0.2, -0.15) is 0 Å². The third-order valence-electron chi connectivity index (χ3n) is 2.48. The molecule has 2 rings (SSSR count). The van der Waals surface area contributed by atoms with Crippen LogP contribution in [0.4, 0.5) is 0 Å². The number of aryl methyl sites for hydroxylation is 1. The van der Waals surface area contributed by atoms with E-state index in [1.807, 2.05) is 17.8 Å². The Labute approximate surface area is 104 Å². The van der Waals surface area contributed by atoms with Crippen molar-refractivity contribution in [3.05, 3.63) is 42.2 Å². The number of hydrogen-bond donors (Lipinski definition) is 1. The largest absolute Gasteiger partial charge is 0.491 e. The van der Waals surface area contributed by atoms with Gasteiger partial charge in [0.05, 0.1) is 6.61 Å². The van der Waals surface area contributed by atoms with Crippen molar-refractivity contribution >= 4 is 5.97 Å². The number of carboxylic acid groups (broad SMARTS) is 1. The zero-order valence-electron chi connectivity index (χ0n) is 9.91. The van der Waals surface area contributed by atoms with Crippen molar-refractivity contribution in [2.75, 3.05) is 6.61 Å². The summed E-state index contributed by atoms with van der Waals surface area (Å²) in [5.74, 6) is 0.0672. The van der Waals surface area contributed by atoms with Gasteiger partial charge in [0, 0.05) is 32.1 Å². The number of aromatic nitrogens is 3. The molecule has 6 heteroatoms. The molecule has 0 aliphatic carbocycles. The number of nitrogens with zero attached hydrogens (tertiary/aromatic N) is 3. The van der Waals surface area contributed by atoms with Crippen molar-refractivity contribution in [2.45, 2.75) is 6.42 Å². The molecule has 0 spiro atoms. The van der Waals surface area contributed by atoms with E-state index >= 15 is 0 Å². The number of pyridine rings is 1. The van der Waals surface area contributed by atoms with Gasteiger partial charge >= 0.3 is 5.97 Å². The maximum absolute atomic E-state index is 10.9. The van der Waals surface area contributed by atoms with E-state index in [0.29, 0.717) is 13.0 Å². The van der Waals surface area contributed by atoms with Crippen LogP contribution in [0.1, 0.15) is 16.3 Å². The molecule has 1 N–H and O–H groups in total. The van der Waals surface area contributed by atoms with Crippen LogP contribution in [0.2, 0.25) is 0 Å². The maximum atomic E-state index is 10.9. The van der Waals surface area contributed by atoms with E-state index in [1.54, 1.807) is 18.3 Å². The summed E-state index contributed by atoms with van der Waals surface area (Å²) in [7, 11) is 1.90. The molecule has 94 valence electrons. The fraction of sp³-hybridized carbons (Fsp3) is 0.250. The highest BCUT2D eigenvalue weighted by Gasteiger charge is 2.12. The lowest BCUT2D eigenvalue weighted by atomic mass is 10.3. The van der Waals surface area contributed by atoms with Crippen molar-refractivity contribution in [1.82, 2.24) is 14.5 Å². The molecule has 2 heterocycles. The Morgan fingerprint density at radius 2 is 2.28 bits per heavy atom. The second-order valence-electron chi connectivity index (χ2n) is 3.71. The Hall–Kier alpha value is -2.37. The summed E-state index contributed by atoms with van der Waals surface area (Å²) in [5.41, 5.74) is -0.0719. The second kappa shape index (κ2) is 5.31. The third-order valence-corrected chi connectivity index (χ3v) is 2.48. The average molecular weight is 247 g/mol. The monoisotopic (exact) mass is 247 g/mol. The van der Waals surface area contributed by atoms with Crippen LogP contribution in [0.5, 0.6) is 5.75 Å². The number of carboxylic acids is 1. The second-order valence-corrected chi connectivity index (χ2v) is 3.71. The van der Waals surface area contributed by atoms with Crippen molar-refractivity contribution in [3.8, 4) is 5.75 Å². The Bertz CT molecular complexity index is 551. The normalized spacial score (nSPS) is 10.3. The molecule has 0 saturated heterocycles. The number of aromatic carboxylic acids is 1. The standard InChI is InChI=1S/C12H13N3O3/c1-15-7-6-13-10(15)4-8-18-9-3-2-5-14-11(9)12(16)17/h2-3,5-7H,4,8H2,1H3,(H,16,17). The molecule has 0 aliphatic rings. The van der Waals surface area contributed by atoms with Gasteiger partial charge in [-0.3, -0.25) is 0 Å². The Morgan fingerprint density at radius 3 is 2.94 bits per heavy atom. The summed E-state index contributed by atoms with van der Waals surface area (Å²) < 4.78 is 7.32. The molecule has 2 aromatic rings. The minimum absolute atomic E-state index is 0.0719. The zero-order valence-corrected chi connectivity index (χ0v) is 9.91. The van der Waals surface area contributed by atoms with Gasteiger partial charge < -0.3 is 14.4 Å². The highest BCUT2D eigenvalue weighted by atomic mass is 16.5. The molecule has 0 aromatic carbocycles. The molecule has 0 saturated carbocycles. The lowest BCUT2D eigenvalue weighted by Crippen LogP contribution is -2.09. The van der Waals surface area contributed by atoms with Crippen LogP contribution in [-0.2, 0) is 13.5 Å². The lowest BCUT2D eigenvalue weighted by Gasteiger charge is -2.07. The van der Waals surface area contributed by atoms with Gasteiger partial charge in [0.2, 0.25) is 0 Å². The van der Waals surface area contributed by atoms with Crippen LogP contribution in [0.15, 0.2) is 30.7 Å². The van der Waals surface area contributed by atoms with Crippen LogP contribution in [0, 0.1) is 0 Å². The molecular weight excluding hydrogens is 234 g/mol. The predicted octanol–water partition coefficient (Wildman–Crippen LogP) is 1.13. The van der Waals surface area contributed by atoms with E-state index in [0.717, 1.165) is 5.82 Å². The van der Waals surface area contributed by atoms with E-state index in [2.05, 4.69) is 9.97 Å². The SMILES string of the molecule is Cn1ccnc1CCOc1cccnc1C(=O)O. The van der Waals surface area contributed by atoms with Gasteiger partial charge in [-0.1, -0.05) is 0 Å².